The van der Waals surface area contributed by atoms with Crippen LogP contribution in [0.2, 0.25) is 0 Å². The first-order chi connectivity index (χ1) is 8.74. The zero-order chi connectivity index (χ0) is 12.8. The summed E-state index contributed by atoms with van der Waals surface area (Å²) in [5, 5.41) is 6.86. The van der Waals surface area contributed by atoms with Crippen molar-refractivity contribution in [3.8, 4) is 0 Å². The minimum absolute atomic E-state index is 0.0143. The Balaban J connectivity index is 1.57. The molecule has 0 spiro atoms. The third-order valence-corrected chi connectivity index (χ3v) is 3.14. The van der Waals surface area contributed by atoms with Crippen LogP contribution in [0.3, 0.4) is 0 Å². The van der Waals surface area contributed by atoms with Crippen molar-refractivity contribution in [2.45, 2.75) is 25.8 Å². The Labute approximate surface area is 107 Å². The predicted molar refractivity (Wildman–Crippen MR) is 69.9 cm³/mol. The zero-order valence-electron chi connectivity index (χ0n) is 10.6. The van der Waals surface area contributed by atoms with Crippen molar-refractivity contribution >= 4 is 11.7 Å². The lowest BCUT2D eigenvalue weighted by Gasteiger charge is -2.14. The quantitative estimate of drug-likeness (QED) is 0.701. The van der Waals surface area contributed by atoms with Gasteiger partial charge >= 0.3 is 0 Å². The fourth-order valence-corrected chi connectivity index (χ4v) is 2.21. The van der Waals surface area contributed by atoms with Crippen molar-refractivity contribution < 1.29 is 4.79 Å². The topological polar surface area (TPSA) is 76.2 Å². The van der Waals surface area contributed by atoms with Crippen molar-refractivity contribution in [3.63, 3.8) is 0 Å². The van der Waals surface area contributed by atoms with E-state index in [-0.39, 0.29) is 12.5 Å². The Hall–Kier alpha value is -1.56. The van der Waals surface area contributed by atoms with Gasteiger partial charge in [-0.05, 0) is 45.0 Å². The van der Waals surface area contributed by atoms with Crippen molar-refractivity contribution in [3.05, 3.63) is 12.3 Å². The zero-order valence-corrected chi connectivity index (χ0v) is 10.6. The lowest BCUT2D eigenvalue weighted by atomic mass is 10.4. The highest BCUT2D eigenvalue weighted by Gasteiger charge is 2.10. The first-order valence-electron chi connectivity index (χ1n) is 6.52. The summed E-state index contributed by atoms with van der Waals surface area (Å²) in [5.41, 5.74) is 5.48. The van der Waals surface area contributed by atoms with Crippen LogP contribution in [0.15, 0.2) is 12.3 Å². The fourth-order valence-electron chi connectivity index (χ4n) is 2.21. The van der Waals surface area contributed by atoms with E-state index in [4.69, 9.17) is 5.73 Å². The number of nitrogen functional groups attached to an aromatic ring is 1. The number of nitrogens with two attached hydrogens (primary N) is 1. The van der Waals surface area contributed by atoms with Crippen LogP contribution in [-0.2, 0) is 11.3 Å². The number of hydrogen-bond donors (Lipinski definition) is 2. The standard InChI is InChI=1S/C12H21N5O/c13-11-4-9-17(15-11)10-12(18)14-5-3-8-16-6-1-2-7-16/h4,9H,1-3,5-8,10H2,(H2,13,15)(H,14,18). The minimum atomic E-state index is -0.0143. The van der Waals surface area contributed by atoms with Crippen LogP contribution in [0.5, 0.6) is 0 Å². The number of amides is 1. The van der Waals surface area contributed by atoms with E-state index in [0.717, 1.165) is 19.5 Å². The molecule has 2 rings (SSSR count). The van der Waals surface area contributed by atoms with Gasteiger partial charge in [0.1, 0.15) is 12.4 Å². The van der Waals surface area contributed by atoms with Crippen LogP contribution < -0.4 is 11.1 Å². The molecule has 6 nitrogen and oxygen atoms in total. The van der Waals surface area contributed by atoms with Gasteiger partial charge in [-0.3, -0.25) is 9.48 Å². The van der Waals surface area contributed by atoms with Gasteiger partial charge in [0.15, 0.2) is 0 Å². The summed E-state index contributed by atoms with van der Waals surface area (Å²) in [5.74, 6) is 0.427. The number of hydrogen-bond acceptors (Lipinski definition) is 4. The summed E-state index contributed by atoms with van der Waals surface area (Å²) in [6.07, 6.45) is 5.34. The highest BCUT2D eigenvalue weighted by molar-refractivity contribution is 5.75. The first-order valence-corrected chi connectivity index (χ1v) is 6.52. The first kappa shape index (κ1) is 12.9. The molecule has 6 heteroatoms. The van der Waals surface area contributed by atoms with Gasteiger partial charge in [0.2, 0.25) is 5.91 Å². The second-order valence-electron chi connectivity index (χ2n) is 4.69. The van der Waals surface area contributed by atoms with Crippen LogP contribution in [0.1, 0.15) is 19.3 Å². The fraction of sp³-hybridized carbons (Fsp3) is 0.667. The number of likely N-dealkylation sites (tertiary alicyclic amines) is 1. The molecule has 100 valence electrons. The van der Waals surface area contributed by atoms with Gasteiger partial charge in [-0.1, -0.05) is 0 Å². The molecular weight excluding hydrogens is 230 g/mol. The maximum Gasteiger partial charge on any atom is 0.241 e. The lowest BCUT2D eigenvalue weighted by molar-refractivity contribution is -0.121. The van der Waals surface area contributed by atoms with Gasteiger partial charge in [-0.15, -0.1) is 0 Å². The lowest BCUT2D eigenvalue weighted by Crippen LogP contribution is -2.31. The van der Waals surface area contributed by atoms with Crippen LogP contribution in [0.25, 0.3) is 0 Å². The minimum Gasteiger partial charge on any atom is -0.382 e. The molecule has 1 aliphatic heterocycles. The SMILES string of the molecule is Nc1ccn(CC(=O)NCCCN2CCCC2)n1. The summed E-state index contributed by atoms with van der Waals surface area (Å²) in [4.78, 5) is 14.0. The molecule has 3 N–H and O–H groups in total. The second-order valence-corrected chi connectivity index (χ2v) is 4.69. The molecule has 1 saturated heterocycles. The van der Waals surface area contributed by atoms with Gasteiger partial charge in [0.25, 0.3) is 0 Å². The average molecular weight is 251 g/mol. The van der Waals surface area contributed by atoms with Gasteiger partial charge in [-0.2, -0.15) is 5.10 Å². The van der Waals surface area contributed by atoms with Gasteiger partial charge in [0.05, 0.1) is 0 Å². The van der Waals surface area contributed by atoms with Crippen molar-refractivity contribution in [1.82, 2.24) is 20.0 Å². The summed E-state index contributed by atoms with van der Waals surface area (Å²) < 4.78 is 1.55. The van der Waals surface area contributed by atoms with Crippen molar-refractivity contribution in [2.24, 2.45) is 0 Å². The number of carbonyl (C=O) groups excluding carboxylic acids is 1. The van der Waals surface area contributed by atoms with Crippen molar-refractivity contribution in [1.29, 1.82) is 0 Å². The number of rotatable bonds is 6. The highest BCUT2D eigenvalue weighted by Crippen LogP contribution is 2.06. The molecular formula is C12H21N5O. The van der Waals surface area contributed by atoms with Gasteiger partial charge in [-0.25, -0.2) is 0 Å². The Bertz CT molecular complexity index is 384. The number of nitrogens with zero attached hydrogens (tertiary/aromatic N) is 3. The summed E-state index contributed by atoms with van der Waals surface area (Å²) >= 11 is 0. The van der Waals surface area contributed by atoms with Crippen molar-refractivity contribution in [2.75, 3.05) is 31.9 Å². The second kappa shape index (κ2) is 6.39. The van der Waals surface area contributed by atoms with E-state index in [1.54, 1.807) is 16.9 Å². The molecule has 2 heterocycles. The maximum atomic E-state index is 11.6. The molecule has 0 aromatic carbocycles. The molecule has 1 aromatic heterocycles. The Morgan fingerprint density at radius 3 is 2.89 bits per heavy atom. The monoisotopic (exact) mass is 251 g/mol. The number of aromatic nitrogens is 2. The summed E-state index contributed by atoms with van der Waals surface area (Å²) in [7, 11) is 0. The molecule has 0 radical (unpaired) electrons. The van der Waals surface area contributed by atoms with E-state index in [1.165, 1.54) is 25.9 Å². The molecule has 1 aliphatic rings. The summed E-state index contributed by atoms with van der Waals surface area (Å²) in [6.45, 7) is 4.46. The molecule has 0 bridgehead atoms. The molecule has 18 heavy (non-hydrogen) atoms. The van der Waals surface area contributed by atoms with Gasteiger partial charge in [0, 0.05) is 12.7 Å². The van der Waals surface area contributed by atoms with E-state index in [2.05, 4.69) is 15.3 Å². The number of carbonyl (C=O) groups is 1. The van der Waals surface area contributed by atoms with E-state index < -0.39 is 0 Å². The average Bonchev–Trinajstić information content (AvgIpc) is 2.96. The maximum absolute atomic E-state index is 11.6. The van der Waals surface area contributed by atoms with Crippen LogP contribution in [0, 0.1) is 0 Å². The summed E-state index contributed by atoms with van der Waals surface area (Å²) in [6, 6.07) is 1.68. The predicted octanol–water partition coefficient (Wildman–Crippen LogP) is 0.0674. The molecule has 0 atom stereocenters. The van der Waals surface area contributed by atoms with Crippen LogP contribution in [-0.4, -0.2) is 46.8 Å². The van der Waals surface area contributed by atoms with Gasteiger partial charge < -0.3 is 16.0 Å². The normalized spacial score (nSPS) is 16.0. The molecule has 1 fully saturated rings. The third-order valence-electron chi connectivity index (χ3n) is 3.14. The molecule has 0 unspecified atom stereocenters. The van der Waals surface area contributed by atoms with E-state index in [9.17, 15) is 4.79 Å². The largest absolute Gasteiger partial charge is 0.382 e. The van der Waals surface area contributed by atoms with Crippen LogP contribution >= 0.6 is 0 Å². The highest BCUT2D eigenvalue weighted by atomic mass is 16.2. The molecule has 0 aliphatic carbocycles. The molecule has 1 amide bonds. The van der Waals surface area contributed by atoms with E-state index in [1.807, 2.05) is 0 Å². The Kier molecular flexibility index (Phi) is 4.58. The smallest absolute Gasteiger partial charge is 0.241 e. The van der Waals surface area contributed by atoms with Crippen LogP contribution in [0.4, 0.5) is 5.82 Å². The van der Waals surface area contributed by atoms with E-state index >= 15 is 0 Å². The number of nitrogens with one attached hydrogen (secondary N) is 1. The molecule has 1 aromatic rings. The molecule has 0 saturated carbocycles. The van der Waals surface area contributed by atoms with E-state index in [0.29, 0.717) is 5.82 Å². The number of anilines is 1. The third kappa shape index (κ3) is 4.03. The Morgan fingerprint density at radius 2 is 2.22 bits per heavy atom. The Morgan fingerprint density at radius 1 is 1.44 bits per heavy atom.